The summed E-state index contributed by atoms with van der Waals surface area (Å²) in [5.41, 5.74) is 2.06. The largest absolute Gasteiger partial charge is 0.493 e. The highest BCUT2D eigenvalue weighted by Crippen LogP contribution is 2.38. The quantitative estimate of drug-likeness (QED) is 0.478. The molecule has 3 aromatic rings. The second-order valence-electron chi connectivity index (χ2n) is 7.20. The Labute approximate surface area is 190 Å². The topological polar surface area (TPSA) is 45.7 Å². The summed E-state index contributed by atoms with van der Waals surface area (Å²) in [5.74, 6) is 1.66. The number of hydrogen-bond donors (Lipinski definition) is 0. The molecule has 2 heterocycles. The first-order valence-electron chi connectivity index (χ1n) is 9.90. The highest BCUT2D eigenvalue weighted by molar-refractivity contribution is 7.99. The first kappa shape index (κ1) is 21.3. The number of benzene rings is 2. The van der Waals surface area contributed by atoms with Gasteiger partial charge in [-0.3, -0.25) is 4.79 Å². The molecule has 0 radical (unpaired) electrons. The van der Waals surface area contributed by atoms with Crippen LogP contribution in [0.15, 0.2) is 41.3 Å². The highest BCUT2D eigenvalue weighted by Gasteiger charge is 2.23. The molecule has 8 heteroatoms. The fourth-order valence-electron chi connectivity index (χ4n) is 3.46. The van der Waals surface area contributed by atoms with Gasteiger partial charge in [0.25, 0.3) is 0 Å². The molecule has 0 N–H and O–H groups in total. The SMILES string of the molecule is COc1c(Cl)ccc2sc(N3CCN(C(=O)CCSc4ccc(C)cc4)CC3)nc12. The fourth-order valence-corrected chi connectivity index (χ4v) is 5.55. The van der Waals surface area contributed by atoms with E-state index in [0.717, 1.165) is 47.3 Å². The van der Waals surface area contributed by atoms with Gasteiger partial charge < -0.3 is 14.5 Å². The van der Waals surface area contributed by atoms with Gasteiger partial charge in [0.2, 0.25) is 5.91 Å². The predicted molar refractivity (Wildman–Crippen MR) is 126 cm³/mol. The number of thiazole rings is 1. The molecule has 2 aromatic carbocycles. The van der Waals surface area contributed by atoms with E-state index in [2.05, 4.69) is 36.1 Å². The van der Waals surface area contributed by atoms with Crippen molar-refractivity contribution in [2.75, 3.05) is 43.9 Å². The van der Waals surface area contributed by atoms with E-state index in [1.807, 2.05) is 17.0 Å². The van der Waals surface area contributed by atoms with Crippen LogP contribution in [0.2, 0.25) is 5.02 Å². The van der Waals surface area contributed by atoms with Crippen molar-refractivity contribution in [3.63, 3.8) is 0 Å². The van der Waals surface area contributed by atoms with Gasteiger partial charge in [0, 0.05) is 43.2 Å². The van der Waals surface area contributed by atoms with E-state index in [9.17, 15) is 4.79 Å². The zero-order valence-corrected chi connectivity index (χ0v) is 19.4. The maximum absolute atomic E-state index is 12.6. The van der Waals surface area contributed by atoms with Crippen molar-refractivity contribution in [3.8, 4) is 5.75 Å². The molecular formula is C22H24ClN3O2S2. The average molecular weight is 462 g/mol. The zero-order valence-electron chi connectivity index (χ0n) is 17.1. The highest BCUT2D eigenvalue weighted by atomic mass is 35.5. The number of thioether (sulfide) groups is 1. The number of carbonyl (C=O) groups is 1. The number of nitrogens with zero attached hydrogens (tertiary/aromatic N) is 3. The van der Waals surface area contributed by atoms with Crippen LogP contribution in [-0.4, -0.2) is 54.8 Å². The standard InChI is InChI=1S/C22H24ClN3O2S2/c1-15-3-5-16(6-4-15)29-14-9-19(27)25-10-12-26(13-11-25)22-24-20-18(30-22)8-7-17(23)21(20)28-2/h3-8H,9-14H2,1-2H3. The molecule has 0 aliphatic carbocycles. The van der Waals surface area contributed by atoms with E-state index in [0.29, 0.717) is 17.2 Å². The molecular weight excluding hydrogens is 438 g/mol. The third-order valence-corrected chi connectivity index (χ3v) is 7.56. The lowest BCUT2D eigenvalue weighted by Crippen LogP contribution is -2.48. The Balaban J connectivity index is 1.30. The summed E-state index contributed by atoms with van der Waals surface area (Å²) in [7, 11) is 1.61. The first-order chi connectivity index (χ1) is 14.5. The number of fused-ring (bicyclic) bond motifs is 1. The molecule has 158 valence electrons. The van der Waals surface area contributed by atoms with E-state index in [-0.39, 0.29) is 5.91 Å². The third kappa shape index (κ3) is 4.68. The number of hydrogen-bond acceptors (Lipinski definition) is 6. The number of amides is 1. The Bertz CT molecular complexity index is 1030. The summed E-state index contributed by atoms with van der Waals surface area (Å²) < 4.78 is 6.48. The molecule has 0 bridgehead atoms. The van der Waals surface area contributed by atoms with E-state index >= 15 is 0 Å². The molecule has 4 rings (SSSR count). The van der Waals surface area contributed by atoms with Gasteiger partial charge in [-0.1, -0.05) is 40.6 Å². The predicted octanol–water partition coefficient (Wildman–Crippen LogP) is 5.10. The first-order valence-corrected chi connectivity index (χ1v) is 12.1. The lowest BCUT2D eigenvalue weighted by molar-refractivity contribution is -0.131. The van der Waals surface area contributed by atoms with Crippen molar-refractivity contribution >= 4 is 56.0 Å². The van der Waals surface area contributed by atoms with Crippen molar-refractivity contribution in [1.82, 2.24) is 9.88 Å². The molecule has 1 amide bonds. The molecule has 1 saturated heterocycles. The van der Waals surface area contributed by atoms with Crippen molar-refractivity contribution in [2.24, 2.45) is 0 Å². The van der Waals surface area contributed by atoms with Crippen LogP contribution in [0, 0.1) is 6.92 Å². The minimum atomic E-state index is 0.229. The number of ether oxygens (including phenoxy) is 1. The van der Waals surface area contributed by atoms with Crippen molar-refractivity contribution in [2.45, 2.75) is 18.2 Å². The normalized spacial score (nSPS) is 14.4. The monoisotopic (exact) mass is 461 g/mol. The van der Waals surface area contributed by atoms with Gasteiger partial charge in [-0.15, -0.1) is 11.8 Å². The van der Waals surface area contributed by atoms with Crippen LogP contribution in [-0.2, 0) is 4.79 Å². The molecule has 0 saturated carbocycles. The van der Waals surface area contributed by atoms with Crippen LogP contribution >= 0.6 is 34.7 Å². The number of anilines is 1. The second-order valence-corrected chi connectivity index (χ2v) is 9.79. The summed E-state index contributed by atoms with van der Waals surface area (Å²) >= 11 is 9.59. The van der Waals surface area contributed by atoms with Gasteiger partial charge in [0.15, 0.2) is 10.9 Å². The fraction of sp³-hybridized carbons (Fsp3) is 0.364. The summed E-state index contributed by atoms with van der Waals surface area (Å²) in [6.45, 7) is 5.10. The Kier molecular flexibility index (Phi) is 6.71. The van der Waals surface area contributed by atoms with Crippen LogP contribution in [0.5, 0.6) is 5.75 Å². The molecule has 1 aliphatic rings. The van der Waals surface area contributed by atoms with E-state index in [4.69, 9.17) is 21.3 Å². The number of carbonyl (C=O) groups excluding carboxylic acids is 1. The molecule has 0 unspecified atom stereocenters. The Morgan fingerprint density at radius 3 is 2.60 bits per heavy atom. The van der Waals surface area contributed by atoms with E-state index in [1.165, 1.54) is 10.5 Å². The summed E-state index contributed by atoms with van der Waals surface area (Å²) in [6.07, 6.45) is 0.565. The number of rotatable bonds is 6. The number of methoxy groups -OCH3 is 1. The van der Waals surface area contributed by atoms with Crippen molar-refractivity contribution in [1.29, 1.82) is 0 Å². The molecule has 30 heavy (non-hydrogen) atoms. The lowest BCUT2D eigenvalue weighted by Gasteiger charge is -2.34. The van der Waals surface area contributed by atoms with Crippen molar-refractivity contribution < 1.29 is 9.53 Å². The molecule has 1 aliphatic heterocycles. The Morgan fingerprint density at radius 2 is 1.90 bits per heavy atom. The van der Waals surface area contributed by atoms with Gasteiger partial charge in [0.1, 0.15) is 5.52 Å². The van der Waals surface area contributed by atoms with Crippen LogP contribution in [0.1, 0.15) is 12.0 Å². The minimum absolute atomic E-state index is 0.229. The molecule has 5 nitrogen and oxygen atoms in total. The lowest BCUT2D eigenvalue weighted by atomic mass is 10.2. The van der Waals surface area contributed by atoms with Gasteiger partial charge in [0.05, 0.1) is 16.8 Å². The minimum Gasteiger partial charge on any atom is -0.493 e. The summed E-state index contributed by atoms with van der Waals surface area (Å²) in [4.78, 5) is 22.8. The van der Waals surface area contributed by atoms with Crippen LogP contribution in [0.4, 0.5) is 5.13 Å². The number of halogens is 1. The van der Waals surface area contributed by atoms with E-state index < -0.39 is 0 Å². The summed E-state index contributed by atoms with van der Waals surface area (Å²) in [6, 6.07) is 12.3. The molecule has 0 atom stereocenters. The second kappa shape index (κ2) is 9.45. The van der Waals surface area contributed by atoms with Crippen LogP contribution in [0.25, 0.3) is 10.2 Å². The number of aromatic nitrogens is 1. The third-order valence-electron chi connectivity index (χ3n) is 5.17. The maximum Gasteiger partial charge on any atom is 0.223 e. The van der Waals surface area contributed by atoms with E-state index in [1.54, 1.807) is 30.2 Å². The Morgan fingerprint density at radius 1 is 1.17 bits per heavy atom. The zero-order chi connectivity index (χ0) is 21.1. The van der Waals surface area contributed by atoms with Crippen molar-refractivity contribution in [3.05, 3.63) is 47.0 Å². The maximum atomic E-state index is 12.6. The average Bonchev–Trinajstić information content (AvgIpc) is 3.19. The smallest absolute Gasteiger partial charge is 0.223 e. The summed E-state index contributed by atoms with van der Waals surface area (Å²) in [5, 5.41) is 1.52. The van der Waals surface area contributed by atoms with Crippen LogP contribution in [0.3, 0.4) is 0 Å². The molecule has 0 spiro atoms. The molecule has 1 fully saturated rings. The Hall–Kier alpha value is -1.96. The van der Waals surface area contributed by atoms with Gasteiger partial charge >= 0.3 is 0 Å². The van der Waals surface area contributed by atoms with Crippen LogP contribution < -0.4 is 9.64 Å². The number of aryl methyl sites for hydroxylation is 1. The molecule has 1 aromatic heterocycles. The van der Waals surface area contributed by atoms with Gasteiger partial charge in [-0.05, 0) is 31.2 Å². The van der Waals surface area contributed by atoms with Gasteiger partial charge in [-0.25, -0.2) is 4.98 Å². The van der Waals surface area contributed by atoms with Gasteiger partial charge in [-0.2, -0.15) is 0 Å². The number of piperazine rings is 1.